The summed E-state index contributed by atoms with van der Waals surface area (Å²) in [6, 6.07) is 1.27. The van der Waals surface area contributed by atoms with Crippen molar-refractivity contribution in [2.75, 3.05) is 7.11 Å². The third-order valence-electron chi connectivity index (χ3n) is 1.65. The number of phenolic OH excluding ortho intramolecular Hbond substituents is 1. The third-order valence-corrected chi connectivity index (χ3v) is 1.93. The molecule has 0 aliphatic carbocycles. The van der Waals surface area contributed by atoms with E-state index in [2.05, 4.69) is 4.74 Å². The van der Waals surface area contributed by atoms with Crippen molar-refractivity contribution in [1.82, 2.24) is 0 Å². The Labute approximate surface area is 79.9 Å². The lowest BCUT2D eigenvalue weighted by Gasteiger charge is -2.09. The van der Waals surface area contributed by atoms with Crippen molar-refractivity contribution in [3.8, 4) is 11.5 Å². The molecule has 1 aromatic rings. The molecule has 0 aromatic heterocycles. The van der Waals surface area contributed by atoms with Gasteiger partial charge in [-0.2, -0.15) is 0 Å². The Morgan fingerprint density at radius 2 is 2.31 bits per heavy atom. The Morgan fingerprint density at radius 1 is 1.69 bits per heavy atom. The molecule has 0 fully saturated rings. The Morgan fingerprint density at radius 3 is 2.77 bits per heavy atom. The van der Waals surface area contributed by atoms with Crippen molar-refractivity contribution in [1.29, 1.82) is 0 Å². The van der Waals surface area contributed by atoms with Crippen molar-refractivity contribution >= 4 is 11.6 Å². The van der Waals surface area contributed by atoms with Gasteiger partial charge in [0, 0.05) is 12.1 Å². The highest BCUT2D eigenvalue weighted by Crippen LogP contribution is 2.36. The molecule has 0 spiro atoms. The fourth-order valence-electron chi connectivity index (χ4n) is 0.985. The molecule has 0 unspecified atom stereocenters. The Balaban J connectivity index is 3.39. The van der Waals surface area contributed by atoms with Gasteiger partial charge in [0.15, 0.2) is 17.3 Å². The molecule has 0 radical (unpaired) electrons. The van der Waals surface area contributed by atoms with Gasteiger partial charge in [-0.05, 0) is 6.07 Å². The lowest BCUT2D eigenvalue weighted by atomic mass is 10.2. The topological polar surface area (TPSA) is 55.5 Å². The van der Waals surface area contributed by atoms with E-state index in [1.165, 1.54) is 13.2 Å². The van der Waals surface area contributed by atoms with Gasteiger partial charge in [0.1, 0.15) is 0 Å². The number of aromatic hydroxyl groups is 1. The van der Waals surface area contributed by atoms with E-state index in [4.69, 9.17) is 17.3 Å². The van der Waals surface area contributed by atoms with E-state index >= 15 is 0 Å². The van der Waals surface area contributed by atoms with Crippen molar-refractivity contribution in [2.45, 2.75) is 6.54 Å². The Hall–Kier alpha value is -1.00. The number of nitrogens with two attached hydrogens (primary N) is 1. The zero-order chi connectivity index (χ0) is 10.0. The number of halogens is 2. The van der Waals surface area contributed by atoms with Gasteiger partial charge in [-0.25, -0.2) is 4.39 Å². The highest BCUT2D eigenvalue weighted by atomic mass is 35.5. The van der Waals surface area contributed by atoms with Crippen LogP contribution in [-0.4, -0.2) is 12.2 Å². The highest BCUT2D eigenvalue weighted by molar-refractivity contribution is 6.31. The average Bonchev–Trinajstić information content (AvgIpc) is 2.12. The van der Waals surface area contributed by atoms with Gasteiger partial charge < -0.3 is 15.6 Å². The number of rotatable bonds is 2. The maximum atomic E-state index is 13.1. The first-order chi connectivity index (χ1) is 6.11. The molecule has 0 aliphatic rings. The number of benzene rings is 1. The van der Waals surface area contributed by atoms with Crippen LogP contribution in [-0.2, 0) is 6.54 Å². The van der Waals surface area contributed by atoms with E-state index in [1.807, 2.05) is 0 Å². The van der Waals surface area contributed by atoms with Gasteiger partial charge in [-0.15, -0.1) is 0 Å². The van der Waals surface area contributed by atoms with E-state index in [0.717, 1.165) is 0 Å². The van der Waals surface area contributed by atoms with Crippen molar-refractivity contribution in [3.63, 3.8) is 0 Å². The molecule has 0 saturated carbocycles. The zero-order valence-corrected chi connectivity index (χ0v) is 7.73. The zero-order valence-electron chi connectivity index (χ0n) is 6.97. The van der Waals surface area contributed by atoms with Crippen LogP contribution in [0.15, 0.2) is 6.07 Å². The molecule has 0 aliphatic heterocycles. The number of ether oxygens (including phenoxy) is 1. The summed E-state index contributed by atoms with van der Waals surface area (Å²) >= 11 is 5.53. The standard InChI is InChI=1S/C8H9ClFNO2/c1-13-8-6(10)5(9)2-4(3-11)7(8)12/h2,12H,3,11H2,1H3. The van der Waals surface area contributed by atoms with E-state index in [1.54, 1.807) is 0 Å². The summed E-state index contributed by atoms with van der Waals surface area (Å²) in [7, 11) is 1.24. The second-order valence-electron chi connectivity index (χ2n) is 2.42. The van der Waals surface area contributed by atoms with Crippen LogP contribution in [0, 0.1) is 5.82 Å². The van der Waals surface area contributed by atoms with Crippen LogP contribution < -0.4 is 10.5 Å². The molecule has 0 saturated heterocycles. The smallest absolute Gasteiger partial charge is 0.198 e. The first-order valence-corrected chi connectivity index (χ1v) is 3.93. The number of methoxy groups -OCH3 is 1. The minimum absolute atomic E-state index is 0.0716. The molecule has 3 nitrogen and oxygen atoms in total. The molecule has 72 valence electrons. The second-order valence-corrected chi connectivity index (χ2v) is 2.82. The maximum absolute atomic E-state index is 13.1. The summed E-state index contributed by atoms with van der Waals surface area (Å²) in [5.74, 6) is -1.35. The van der Waals surface area contributed by atoms with E-state index in [9.17, 15) is 9.50 Å². The van der Waals surface area contributed by atoms with E-state index < -0.39 is 5.82 Å². The van der Waals surface area contributed by atoms with Crippen LogP contribution in [0.1, 0.15) is 5.56 Å². The second kappa shape index (κ2) is 3.81. The van der Waals surface area contributed by atoms with Gasteiger partial charge in [0.25, 0.3) is 0 Å². The first-order valence-electron chi connectivity index (χ1n) is 3.55. The van der Waals surface area contributed by atoms with E-state index in [0.29, 0.717) is 5.56 Å². The van der Waals surface area contributed by atoms with Crippen LogP contribution in [0.4, 0.5) is 4.39 Å². The SMILES string of the molecule is COc1c(O)c(CN)cc(Cl)c1F. The quantitative estimate of drug-likeness (QED) is 0.772. The molecule has 5 heteroatoms. The summed E-state index contributed by atoms with van der Waals surface area (Å²) in [6.07, 6.45) is 0. The van der Waals surface area contributed by atoms with Crippen LogP contribution in [0.25, 0.3) is 0 Å². The molecule has 0 amide bonds. The summed E-state index contributed by atoms with van der Waals surface area (Å²) in [4.78, 5) is 0. The molecule has 1 rings (SSSR count). The predicted molar refractivity (Wildman–Crippen MR) is 47.5 cm³/mol. The maximum Gasteiger partial charge on any atom is 0.198 e. The molecule has 3 N–H and O–H groups in total. The van der Waals surface area contributed by atoms with Crippen LogP contribution >= 0.6 is 11.6 Å². The monoisotopic (exact) mass is 205 g/mol. The number of phenols is 1. The molecule has 0 atom stereocenters. The molecule has 1 aromatic carbocycles. The predicted octanol–water partition coefficient (Wildman–Crippen LogP) is 1.65. The minimum Gasteiger partial charge on any atom is -0.504 e. The highest BCUT2D eigenvalue weighted by Gasteiger charge is 2.16. The van der Waals surface area contributed by atoms with E-state index in [-0.39, 0.29) is 23.1 Å². The summed E-state index contributed by atoms with van der Waals surface area (Å²) < 4.78 is 17.8. The normalized spacial score (nSPS) is 10.2. The lowest BCUT2D eigenvalue weighted by molar-refractivity contribution is 0.349. The largest absolute Gasteiger partial charge is 0.504 e. The van der Waals surface area contributed by atoms with Gasteiger partial charge >= 0.3 is 0 Å². The average molecular weight is 206 g/mol. The molecule has 0 bridgehead atoms. The molecular formula is C8H9ClFNO2. The van der Waals surface area contributed by atoms with Crippen molar-refractivity contribution in [3.05, 3.63) is 22.5 Å². The third kappa shape index (κ3) is 1.68. The van der Waals surface area contributed by atoms with Crippen LogP contribution in [0.5, 0.6) is 11.5 Å². The minimum atomic E-state index is -0.779. The molecular weight excluding hydrogens is 197 g/mol. The molecule has 0 heterocycles. The van der Waals surface area contributed by atoms with Crippen LogP contribution in [0.2, 0.25) is 5.02 Å². The van der Waals surface area contributed by atoms with Crippen molar-refractivity contribution < 1.29 is 14.2 Å². The lowest BCUT2D eigenvalue weighted by Crippen LogP contribution is -2.00. The van der Waals surface area contributed by atoms with Crippen LogP contribution in [0.3, 0.4) is 0 Å². The van der Waals surface area contributed by atoms with Gasteiger partial charge in [0.2, 0.25) is 0 Å². The summed E-state index contributed by atoms with van der Waals surface area (Å²) in [5.41, 5.74) is 5.65. The Bertz CT molecular complexity index is 330. The van der Waals surface area contributed by atoms with Crippen molar-refractivity contribution in [2.24, 2.45) is 5.73 Å². The van der Waals surface area contributed by atoms with Gasteiger partial charge in [-0.1, -0.05) is 11.6 Å². The number of hydrogen-bond acceptors (Lipinski definition) is 3. The molecule has 13 heavy (non-hydrogen) atoms. The fraction of sp³-hybridized carbons (Fsp3) is 0.250. The number of hydrogen-bond donors (Lipinski definition) is 2. The first kappa shape index (κ1) is 10.1. The Kier molecular flexibility index (Phi) is 2.95. The summed E-state index contributed by atoms with van der Waals surface area (Å²) in [5, 5.41) is 9.27. The van der Waals surface area contributed by atoms with Gasteiger partial charge in [-0.3, -0.25) is 0 Å². The fourth-order valence-corrected chi connectivity index (χ4v) is 1.20. The summed E-state index contributed by atoms with van der Waals surface area (Å²) in [6.45, 7) is 0.0716. The van der Waals surface area contributed by atoms with Gasteiger partial charge in [0.05, 0.1) is 12.1 Å².